The molecule has 0 aliphatic heterocycles. The zero-order valence-corrected chi connectivity index (χ0v) is 21.4. The van der Waals surface area contributed by atoms with E-state index in [0.29, 0.717) is 6.61 Å². The first-order chi connectivity index (χ1) is 15.5. The fourth-order valence-corrected chi connectivity index (χ4v) is 8.94. The number of aliphatic hydroxyl groups excluding tert-OH is 1. The molecule has 2 aromatic carbocycles. The highest BCUT2D eigenvalue weighted by Crippen LogP contribution is 2.36. The molecule has 0 amide bonds. The van der Waals surface area contributed by atoms with Crippen LogP contribution in [0.4, 0.5) is 0 Å². The van der Waals surface area contributed by atoms with Crippen molar-refractivity contribution in [2.24, 2.45) is 0 Å². The Labute approximate surface area is 197 Å². The Balaban J connectivity index is 1.90. The summed E-state index contributed by atoms with van der Waals surface area (Å²) in [6.45, 7) is 8.08. The molecule has 1 N–H and O–H groups in total. The average molecular weight is 451 g/mol. The van der Waals surface area contributed by atoms with Gasteiger partial charge in [-0.05, 0) is 41.1 Å². The lowest BCUT2D eigenvalue weighted by atomic mass is 10.1. The van der Waals surface area contributed by atoms with Crippen molar-refractivity contribution in [2.45, 2.75) is 83.6 Å². The van der Waals surface area contributed by atoms with E-state index in [2.05, 4.69) is 93.3 Å². The number of hydrogen-bond donors (Lipinski definition) is 1. The van der Waals surface area contributed by atoms with E-state index < -0.39 is 8.32 Å². The van der Waals surface area contributed by atoms with Crippen molar-refractivity contribution in [1.29, 1.82) is 0 Å². The van der Waals surface area contributed by atoms with Gasteiger partial charge in [0.05, 0.1) is 0 Å². The highest BCUT2D eigenvalue weighted by Gasteiger charge is 2.49. The average Bonchev–Trinajstić information content (AvgIpc) is 2.80. The lowest BCUT2D eigenvalue weighted by Gasteiger charge is -2.43. The molecule has 174 valence electrons. The summed E-state index contributed by atoms with van der Waals surface area (Å²) in [6, 6.07) is 21.7. The van der Waals surface area contributed by atoms with Gasteiger partial charge >= 0.3 is 0 Å². The molecule has 0 aromatic heterocycles. The Morgan fingerprint density at radius 3 is 1.66 bits per heavy atom. The van der Waals surface area contributed by atoms with Gasteiger partial charge in [0.25, 0.3) is 8.32 Å². The molecule has 32 heavy (non-hydrogen) atoms. The van der Waals surface area contributed by atoms with Crippen molar-refractivity contribution in [1.82, 2.24) is 0 Å². The molecule has 2 aromatic rings. The minimum atomic E-state index is -2.40. The Bertz CT molecular complexity index is 760. The van der Waals surface area contributed by atoms with Crippen LogP contribution < -0.4 is 10.4 Å². The maximum Gasteiger partial charge on any atom is 0.261 e. The number of benzene rings is 2. The summed E-state index contributed by atoms with van der Waals surface area (Å²) >= 11 is 0. The van der Waals surface area contributed by atoms with Gasteiger partial charge < -0.3 is 9.53 Å². The van der Waals surface area contributed by atoms with Crippen LogP contribution in [0.2, 0.25) is 5.04 Å². The van der Waals surface area contributed by atoms with Gasteiger partial charge in [0.2, 0.25) is 0 Å². The second kappa shape index (κ2) is 14.3. The molecule has 0 aliphatic rings. The monoisotopic (exact) mass is 450 g/mol. The largest absolute Gasteiger partial charge is 0.407 e. The van der Waals surface area contributed by atoms with E-state index in [1.165, 1.54) is 29.6 Å². The SMILES string of the molecule is CC(C)(C)[Si](OCCCCC#CCCCCCCCO)(c1ccccc1)c1ccccc1. The minimum Gasteiger partial charge on any atom is -0.407 e. The summed E-state index contributed by atoms with van der Waals surface area (Å²) in [7, 11) is -2.40. The molecular weight excluding hydrogens is 408 g/mol. The molecule has 0 radical (unpaired) electrons. The first kappa shape index (κ1) is 26.4. The number of hydrogen-bond acceptors (Lipinski definition) is 2. The lowest BCUT2D eigenvalue weighted by molar-refractivity contribution is 0.282. The van der Waals surface area contributed by atoms with Crippen LogP contribution in [0.25, 0.3) is 0 Å². The second-order valence-corrected chi connectivity index (χ2v) is 13.9. The van der Waals surface area contributed by atoms with Crippen LogP contribution in [0, 0.1) is 11.8 Å². The van der Waals surface area contributed by atoms with Crippen molar-refractivity contribution in [2.75, 3.05) is 13.2 Å². The van der Waals surface area contributed by atoms with Crippen LogP contribution in [-0.2, 0) is 4.43 Å². The Morgan fingerprint density at radius 1 is 0.688 bits per heavy atom. The van der Waals surface area contributed by atoms with Crippen molar-refractivity contribution >= 4 is 18.7 Å². The Hall–Kier alpha value is -1.86. The maximum atomic E-state index is 8.80. The topological polar surface area (TPSA) is 29.5 Å². The summed E-state index contributed by atoms with van der Waals surface area (Å²) in [6.07, 6.45) is 9.75. The molecule has 0 saturated carbocycles. The van der Waals surface area contributed by atoms with Crippen LogP contribution in [0.5, 0.6) is 0 Å². The van der Waals surface area contributed by atoms with Crippen molar-refractivity contribution in [3.63, 3.8) is 0 Å². The molecule has 0 atom stereocenters. The minimum absolute atomic E-state index is 0.0344. The smallest absolute Gasteiger partial charge is 0.261 e. The van der Waals surface area contributed by atoms with Crippen LogP contribution in [0.15, 0.2) is 60.7 Å². The molecule has 0 saturated heterocycles. The van der Waals surface area contributed by atoms with Crippen molar-refractivity contribution < 1.29 is 9.53 Å². The Morgan fingerprint density at radius 2 is 1.16 bits per heavy atom. The van der Waals surface area contributed by atoms with Gasteiger partial charge in [-0.1, -0.05) is 101 Å². The van der Waals surface area contributed by atoms with Gasteiger partial charge in [0, 0.05) is 26.1 Å². The molecule has 0 unspecified atom stereocenters. The standard InChI is InChI=1S/C29H42O2Si/c1-29(2,3)32(27-21-15-13-16-22-27,28-23-17-14-18-24-28)31-26-20-12-10-8-6-4-5-7-9-11-19-25-30/h13-18,21-24,30H,4-5,7,9-12,19-20,25-26H2,1-3H3. The van der Waals surface area contributed by atoms with Crippen LogP contribution in [0.3, 0.4) is 0 Å². The quantitative estimate of drug-likeness (QED) is 0.228. The second-order valence-electron chi connectivity index (χ2n) is 9.56. The Kier molecular flexibility index (Phi) is 11.8. The predicted molar refractivity (Wildman–Crippen MR) is 140 cm³/mol. The van der Waals surface area contributed by atoms with Crippen LogP contribution in [0.1, 0.15) is 78.6 Å². The van der Waals surface area contributed by atoms with Crippen LogP contribution >= 0.6 is 0 Å². The lowest BCUT2D eigenvalue weighted by Crippen LogP contribution is -2.66. The zero-order valence-electron chi connectivity index (χ0n) is 20.4. The van der Waals surface area contributed by atoms with Gasteiger partial charge in [-0.15, -0.1) is 11.8 Å². The van der Waals surface area contributed by atoms with E-state index in [9.17, 15) is 0 Å². The molecule has 0 bridgehead atoms. The fourth-order valence-electron chi connectivity index (χ4n) is 4.33. The first-order valence-electron chi connectivity index (χ1n) is 12.3. The molecule has 0 fully saturated rings. The van der Waals surface area contributed by atoms with Gasteiger partial charge in [-0.3, -0.25) is 0 Å². The molecule has 2 rings (SSSR count). The van der Waals surface area contributed by atoms with Crippen LogP contribution in [-0.4, -0.2) is 26.6 Å². The van der Waals surface area contributed by atoms with E-state index in [4.69, 9.17) is 9.53 Å². The molecular formula is C29H42O2Si. The third-order valence-corrected chi connectivity index (χ3v) is 11.1. The summed E-state index contributed by atoms with van der Waals surface area (Å²) in [4.78, 5) is 0. The third-order valence-electron chi connectivity index (χ3n) is 6.02. The van der Waals surface area contributed by atoms with Gasteiger partial charge in [-0.2, -0.15) is 0 Å². The van der Waals surface area contributed by atoms with Gasteiger partial charge in [0.1, 0.15) is 0 Å². The van der Waals surface area contributed by atoms with Gasteiger partial charge in [-0.25, -0.2) is 0 Å². The van der Waals surface area contributed by atoms with E-state index >= 15 is 0 Å². The zero-order chi connectivity index (χ0) is 23.1. The number of unbranched alkanes of at least 4 members (excludes halogenated alkanes) is 7. The molecule has 0 heterocycles. The van der Waals surface area contributed by atoms with Crippen molar-refractivity contribution in [3.05, 3.63) is 60.7 Å². The highest BCUT2D eigenvalue weighted by molar-refractivity contribution is 6.99. The van der Waals surface area contributed by atoms with E-state index in [1.807, 2.05) is 0 Å². The molecule has 3 heteroatoms. The molecule has 2 nitrogen and oxygen atoms in total. The van der Waals surface area contributed by atoms with E-state index in [-0.39, 0.29) is 5.04 Å². The third kappa shape index (κ3) is 7.92. The first-order valence-corrected chi connectivity index (χ1v) is 14.2. The molecule has 0 spiro atoms. The summed E-state index contributed by atoms with van der Waals surface area (Å²) in [5.74, 6) is 6.67. The molecule has 0 aliphatic carbocycles. The summed E-state index contributed by atoms with van der Waals surface area (Å²) < 4.78 is 6.93. The van der Waals surface area contributed by atoms with E-state index in [0.717, 1.165) is 45.1 Å². The fraction of sp³-hybridized carbons (Fsp3) is 0.517. The number of rotatable bonds is 13. The van der Waals surface area contributed by atoms with E-state index in [1.54, 1.807) is 0 Å². The normalized spacial score (nSPS) is 11.8. The highest BCUT2D eigenvalue weighted by atomic mass is 28.4. The van der Waals surface area contributed by atoms with Crippen molar-refractivity contribution in [3.8, 4) is 11.8 Å². The predicted octanol–water partition coefficient (Wildman–Crippen LogP) is 6.07. The summed E-state index contributed by atoms with van der Waals surface area (Å²) in [5, 5.41) is 11.5. The maximum absolute atomic E-state index is 8.80. The number of aliphatic hydroxyl groups is 1. The summed E-state index contributed by atoms with van der Waals surface area (Å²) in [5.41, 5.74) is 0. The van der Waals surface area contributed by atoms with Gasteiger partial charge in [0.15, 0.2) is 0 Å².